The molecule has 0 aliphatic carbocycles. The second-order valence-electron chi connectivity index (χ2n) is 3.47. The third-order valence-corrected chi connectivity index (χ3v) is 2.47. The first-order valence-electron chi connectivity index (χ1n) is 4.49. The van der Waals surface area contributed by atoms with Crippen molar-refractivity contribution >= 4 is 11.7 Å². The van der Waals surface area contributed by atoms with Gasteiger partial charge in [0, 0.05) is 5.69 Å². The molecule has 1 N–H and O–H groups in total. The van der Waals surface area contributed by atoms with Crippen molar-refractivity contribution in [3.05, 3.63) is 29.8 Å². The van der Waals surface area contributed by atoms with E-state index in [1.807, 2.05) is 24.3 Å². The van der Waals surface area contributed by atoms with Crippen LogP contribution in [-0.2, 0) is 20.7 Å². The molecule has 0 amide bonds. The summed E-state index contributed by atoms with van der Waals surface area (Å²) >= 11 is 0. The molecule has 2 aliphatic rings. The summed E-state index contributed by atoms with van der Waals surface area (Å²) in [4.78, 5) is 11.0. The molecule has 1 fully saturated rings. The van der Waals surface area contributed by atoms with Gasteiger partial charge in [-0.1, -0.05) is 18.2 Å². The Labute approximate surface area is 80.8 Å². The van der Waals surface area contributed by atoms with Gasteiger partial charge in [-0.3, -0.25) is 0 Å². The molecule has 0 radical (unpaired) electrons. The molecule has 1 spiro atoms. The van der Waals surface area contributed by atoms with Crippen LogP contribution in [0.25, 0.3) is 0 Å². The van der Waals surface area contributed by atoms with Crippen LogP contribution in [0, 0.1) is 0 Å². The Morgan fingerprint density at radius 3 is 2.93 bits per heavy atom. The van der Waals surface area contributed by atoms with Gasteiger partial charge < -0.3 is 14.8 Å². The smallest absolute Gasteiger partial charge is 0.336 e. The molecule has 14 heavy (non-hydrogen) atoms. The molecule has 4 nitrogen and oxygen atoms in total. The molecular formula is C10H9NO3. The normalized spacial score (nSPS) is 28.7. The van der Waals surface area contributed by atoms with Crippen LogP contribution in [0.3, 0.4) is 0 Å². The van der Waals surface area contributed by atoms with Crippen LogP contribution in [0.1, 0.15) is 5.56 Å². The van der Waals surface area contributed by atoms with Gasteiger partial charge in [0.2, 0.25) is 0 Å². The van der Waals surface area contributed by atoms with E-state index in [2.05, 4.69) is 5.32 Å². The number of hydrogen-bond acceptors (Lipinski definition) is 4. The van der Waals surface area contributed by atoms with E-state index in [9.17, 15) is 4.79 Å². The Morgan fingerprint density at radius 2 is 2.21 bits per heavy atom. The van der Waals surface area contributed by atoms with E-state index >= 15 is 0 Å². The Bertz CT molecular complexity index is 377. The molecule has 2 aliphatic heterocycles. The highest BCUT2D eigenvalue weighted by Crippen LogP contribution is 2.36. The zero-order valence-electron chi connectivity index (χ0n) is 7.45. The lowest BCUT2D eigenvalue weighted by atomic mass is 10.1. The quantitative estimate of drug-likeness (QED) is 0.618. The highest BCUT2D eigenvalue weighted by molar-refractivity contribution is 5.74. The number of benzene rings is 1. The zero-order valence-corrected chi connectivity index (χ0v) is 7.45. The monoisotopic (exact) mass is 191 g/mol. The van der Waals surface area contributed by atoms with E-state index in [1.165, 1.54) is 0 Å². The highest BCUT2D eigenvalue weighted by Gasteiger charge is 2.46. The van der Waals surface area contributed by atoms with Crippen molar-refractivity contribution in [1.29, 1.82) is 0 Å². The largest absolute Gasteiger partial charge is 0.412 e. The molecule has 0 bridgehead atoms. The number of carbonyl (C=O) groups is 1. The number of anilines is 1. The molecule has 2 heterocycles. The summed E-state index contributed by atoms with van der Waals surface area (Å²) in [5.74, 6) is -1.24. The van der Waals surface area contributed by atoms with Gasteiger partial charge in [0.25, 0.3) is 5.91 Å². The number of para-hydroxylation sites is 1. The van der Waals surface area contributed by atoms with Gasteiger partial charge in [0.15, 0.2) is 6.61 Å². The molecule has 1 saturated heterocycles. The van der Waals surface area contributed by atoms with E-state index < -0.39 is 5.91 Å². The van der Waals surface area contributed by atoms with Crippen LogP contribution in [0.15, 0.2) is 24.3 Å². The first-order valence-corrected chi connectivity index (χ1v) is 4.49. The molecule has 1 unspecified atom stereocenters. The van der Waals surface area contributed by atoms with Gasteiger partial charge in [0.05, 0.1) is 6.42 Å². The molecule has 72 valence electrons. The minimum Gasteiger partial charge on any atom is -0.412 e. The van der Waals surface area contributed by atoms with E-state index in [0.717, 1.165) is 11.3 Å². The molecule has 1 atom stereocenters. The van der Waals surface area contributed by atoms with Gasteiger partial charge >= 0.3 is 5.97 Å². The van der Waals surface area contributed by atoms with Crippen molar-refractivity contribution in [2.24, 2.45) is 0 Å². The first-order chi connectivity index (χ1) is 6.77. The predicted octanol–water partition coefficient (Wildman–Crippen LogP) is 0.882. The average Bonchev–Trinajstić information content (AvgIpc) is 2.69. The van der Waals surface area contributed by atoms with Gasteiger partial charge in [-0.05, 0) is 11.6 Å². The Morgan fingerprint density at radius 1 is 1.36 bits per heavy atom. The summed E-state index contributed by atoms with van der Waals surface area (Å²) in [6.45, 7) is 0.0288. The fourth-order valence-corrected chi connectivity index (χ4v) is 1.86. The predicted molar refractivity (Wildman–Crippen MR) is 48.5 cm³/mol. The summed E-state index contributed by atoms with van der Waals surface area (Å²) in [6.07, 6.45) is 0.578. The van der Waals surface area contributed by atoms with E-state index in [1.54, 1.807) is 0 Å². The first kappa shape index (κ1) is 7.82. The van der Waals surface area contributed by atoms with Crippen LogP contribution < -0.4 is 5.32 Å². The van der Waals surface area contributed by atoms with Gasteiger partial charge in [0.1, 0.15) is 0 Å². The third-order valence-electron chi connectivity index (χ3n) is 2.47. The maximum atomic E-state index is 11.0. The number of ether oxygens (including phenoxy) is 2. The number of nitrogens with one attached hydrogen (secondary N) is 1. The topological polar surface area (TPSA) is 47.6 Å². The van der Waals surface area contributed by atoms with Crippen LogP contribution in [0.4, 0.5) is 5.69 Å². The number of esters is 1. The maximum Gasteiger partial charge on any atom is 0.336 e. The highest BCUT2D eigenvalue weighted by atomic mass is 16.8. The van der Waals surface area contributed by atoms with Gasteiger partial charge in [-0.25, -0.2) is 4.79 Å². The molecule has 3 rings (SSSR count). The van der Waals surface area contributed by atoms with E-state index in [-0.39, 0.29) is 12.6 Å². The summed E-state index contributed by atoms with van der Waals surface area (Å²) in [7, 11) is 0. The standard InChI is InChI=1S/C10H9NO3/c12-9-6-13-10(14-9)5-7-3-1-2-4-8(7)11-10/h1-4,11H,5-6H2. The molecule has 0 aromatic heterocycles. The van der Waals surface area contributed by atoms with Gasteiger partial charge in [-0.15, -0.1) is 0 Å². The van der Waals surface area contributed by atoms with Crippen LogP contribution >= 0.6 is 0 Å². The van der Waals surface area contributed by atoms with E-state index in [4.69, 9.17) is 9.47 Å². The summed E-state index contributed by atoms with van der Waals surface area (Å²) in [6, 6.07) is 7.82. The fraction of sp³-hybridized carbons (Fsp3) is 0.300. The lowest BCUT2D eigenvalue weighted by Crippen LogP contribution is -2.37. The van der Waals surface area contributed by atoms with E-state index in [0.29, 0.717) is 6.42 Å². The average molecular weight is 191 g/mol. The Hall–Kier alpha value is -1.55. The second kappa shape index (κ2) is 2.48. The van der Waals surface area contributed by atoms with Crippen LogP contribution in [0.5, 0.6) is 0 Å². The fourth-order valence-electron chi connectivity index (χ4n) is 1.86. The second-order valence-corrected chi connectivity index (χ2v) is 3.47. The van der Waals surface area contributed by atoms with Crippen molar-refractivity contribution in [3.8, 4) is 0 Å². The summed E-state index contributed by atoms with van der Waals surface area (Å²) in [5.41, 5.74) is 2.09. The van der Waals surface area contributed by atoms with Gasteiger partial charge in [-0.2, -0.15) is 0 Å². The number of fused-ring (bicyclic) bond motifs is 1. The Balaban J connectivity index is 1.94. The maximum absolute atomic E-state index is 11.0. The summed E-state index contributed by atoms with van der Waals surface area (Å²) in [5, 5.41) is 3.07. The minimum atomic E-state index is -0.930. The SMILES string of the molecule is O=C1COC2(Cc3ccccc3N2)O1. The minimum absolute atomic E-state index is 0.0288. The molecule has 4 heteroatoms. The number of rotatable bonds is 0. The van der Waals surface area contributed by atoms with Crippen molar-refractivity contribution in [1.82, 2.24) is 0 Å². The van der Waals surface area contributed by atoms with Crippen LogP contribution in [0.2, 0.25) is 0 Å². The molecule has 0 saturated carbocycles. The van der Waals surface area contributed by atoms with Crippen molar-refractivity contribution in [2.75, 3.05) is 11.9 Å². The summed E-state index contributed by atoms with van der Waals surface area (Å²) < 4.78 is 10.4. The Kier molecular flexibility index (Phi) is 1.39. The lowest BCUT2D eigenvalue weighted by molar-refractivity contribution is -0.160. The number of hydrogen-bond donors (Lipinski definition) is 1. The van der Waals surface area contributed by atoms with Crippen LogP contribution in [-0.4, -0.2) is 18.5 Å². The third kappa shape index (κ3) is 1.01. The van der Waals surface area contributed by atoms with Crippen molar-refractivity contribution < 1.29 is 14.3 Å². The zero-order chi connectivity index (χ0) is 9.60. The lowest BCUT2D eigenvalue weighted by Gasteiger charge is -2.20. The molecule has 1 aromatic carbocycles. The molecule has 1 aromatic rings. The van der Waals surface area contributed by atoms with Crippen molar-refractivity contribution in [3.63, 3.8) is 0 Å². The van der Waals surface area contributed by atoms with Crippen molar-refractivity contribution in [2.45, 2.75) is 12.3 Å². The molecular weight excluding hydrogens is 182 g/mol. The number of carbonyl (C=O) groups excluding carboxylic acids is 1.